The average Bonchev–Trinajstić information content (AvgIpc) is 3.28. The van der Waals surface area contributed by atoms with Crippen molar-refractivity contribution in [3.63, 3.8) is 0 Å². The molecule has 0 saturated heterocycles. The van der Waals surface area contributed by atoms with Crippen molar-refractivity contribution in [3.8, 4) is 0 Å². The number of aromatic nitrogens is 2. The lowest BCUT2D eigenvalue weighted by atomic mass is 9.47. The van der Waals surface area contributed by atoms with Crippen molar-refractivity contribution in [3.05, 3.63) is 52.1 Å². The zero-order valence-corrected chi connectivity index (χ0v) is 24.0. The molecule has 7 atom stereocenters. The van der Waals surface area contributed by atoms with E-state index < -0.39 is 0 Å². The Morgan fingerprint density at radius 2 is 1.88 bits per heavy atom. The third-order valence-corrected chi connectivity index (χ3v) is 12.0. The Hall–Kier alpha value is -2.76. The Balaban J connectivity index is 1.02. The Morgan fingerprint density at radius 1 is 1.02 bits per heavy atom. The quantitative estimate of drug-likeness (QED) is 0.412. The fourth-order valence-electron chi connectivity index (χ4n) is 9.83. The second-order valence-corrected chi connectivity index (χ2v) is 13.9. The average molecular weight is 543 g/mol. The number of carbonyl (C=O) groups excluding carboxylic acids is 2. The zero-order valence-electron chi connectivity index (χ0n) is 24.0. The van der Waals surface area contributed by atoms with Crippen molar-refractivity contribution in [2.24, 2.45) is 28.6 Å². The topological polar surface area (TPSA) is 78.3 Å². The van der Waals surface area contributed by atoms with Crippen LogP contribution in [0.25, 0.3) is 10.9 Å². The maximum atomic E-state index is 13.3. The first kappa shape index (κ1) is 26.2. The van der Waals surface area contributed by atoms with Crippen LogP contribution in [0.4, 0.5) is 0 Å². The molecule has 0 radical (unpaired) electrons. The number of esters is 1. The monoisotopic (exact) mass is 542 g/mol. The number of para-hydroxylation sites is 1. The summed E-state index contributed by atoms with van der Waals surface area (Å²) < 4.78 is 8.13. The number of benzene rings is 1. The third kappa shape index (κ3) is 4.03. The molecule has 3 saturated carbocycles. The number of ketones is 1. The van der Waals surface area contributed by atoms with Gasteiger partial charge < -0.3 is 4.74 Å². The summed E-state index contributed by atoms with van der Waals surface area (Å²) in [6.07, 6.45) is 13.2. The van der Waals surface area contributed by atoms with E-state index in [-0.39, 0.29) is 34.4 Å². The SMILES string of the molecule is CC12CCC(=O)C=C1CC[C@@H]1C2CCC2(C)C(OC(=O)CC[C@H]3CCCn4c3nc3ccccc3c4=O)CC[C@@H]12. The molecule has 40 heavy (non-hydrogen) atoms. The van der Waals surface area contributed by atoms with E-state index in [9.17, 15) is 14.4 Å². The van der Waals surface area contributed by atoms with Gasteiger partial charge in [-0.2, -0.15) is 0 Å². The van der Waals surface area contributed by atoms with Crippen LogP contribution in [0.3, 0.4) is 0 Å². The number of hydrogen-bond acceptors (Lipinski definition) is 5. The number of hydrogen-bond donors (Lipinski definition) is 0. The standard InChI is InChI=1S/C34H42N2O4/c1-33-17-15-23(37)20-22(33)10-11-24-26-12-13-29(34(26,2)18-16-27(24)33)40-30(38)14-9-21-6-5-19-36-31(21)35-28-8-4-3-7-25(28)32(36)39/h3-4,7-8,20-21,24,26-27,29H,5-6,9-19H2,1-2H3/t21-,24+,26+,27?,29?,33?,34?/m1/s1. The van der Waals surface area contributed by atoms with Crippen molar-refractivity contribution in [2.45, 2.75) is 109 Å². The molecular formula is C34H42N2O4. The lowest BCUT2D eigenvalue weighted by Crippen LogP contribution is -2.51. The van der Waals surface area contributed by atoms with E-state index in [1.54, 1.807) is 0 Å². The molecule has 1 aliphatic heterocycles. The molecule has 1 aromatic heterocycles. The van der Waals surface area contributed by atoms with E-state index in [1.807, 2.05) is 34.9 Å². The molecule has 6 heteroatoms. The largest absolute Gasteiger partial charge is 0.462 e. The van der Waals surface area contributed by atoms with Gasteiger partial charge in [-0.15, -0.1) is 0 Å². The van der Waals surface area contributed by atoms with E-state index >= 15 is 0 Å². The summed E-state index contributed by atoms with van der Waals surface area (Å²) in [6.45, 7) is 5.51. The van der Waals surface area contributed by atoms with Crippen molar-refractivity contribution in [2.75, 3.05) is 0 Å². The maximum absolute atomic E-state index is 13.3. The fourth-order valence-corrected chi connectivity index (χ4v) is 9.83. The van der Waals surface area contributed by atoms with Gasteiger partial charge in [-0.1, -0.05) is 31.6 Å². The summed E-state index contributed by atoms with van der Waals surface area (Å²) in [5, 5.41) is 0.668. The van der Waals surface area contributed by atoms with Gasteiger partial charge in [0, 0.05) is 30.7 Å². The van der Waals surface area contributed by atoms with Crippen molar-refractivity contribution in [1.82, 2.24) is 9.55 Å². The molecule has 212 valence electrons. The molecule has 0 amide bonds. The van der Waals surface area contributed by atoms with Gasteiger partial charge in [0.1, 0.15) is 11.9 Å². The molecule has 1 aromatic carbocycles. The van der Waals surface area contributed by atoms with Gasteiger partial charge in [0.2, 0.25) is 0 Å². The van der Waals surface area contributed by atoms with Crippen LogP contribution in [0.15, 0.2) is 40.7 Å². The predicted octanol–water partition coefficient (Wildman–Crippen LogP) is 6.50. The molecule has 6 nitrogen and oxygen atoms in total. The highest BCUT2D eigenvalue weighted by atomic mass is 16.5. The molecule has 5 aliphatic rings. The molecule has 2 aromatic rings. The lowest BCUT2D eigenvalue weighted by Gasteiger charge is -2.57. The summed E-state index contributed by atoms with van der Waals surface area (Å²) >= 11 is 0. The molecule has 3 fully saturated rings. The second-order valence-electron chi connectivity index (χ2n) is 13.9. The van der Waals surface area contributed by atoms with Crippen molar-refractivity contribution in [1.29, 1.82) is 0 Å². The molecule has 2 heterocycles. The number of rotatable bonds is 4. The van der Waals surface area contributed by atoms with Gasteiger partial charge in [-0.3, -0.25) is 19.0 Å². The summed E-state index contributed by atoms with van der Waals surface area (Å²) in [4.78, 5) is 43.3. The Kier molecular flexibility index (Phi) is 6.32. The normalized spacial score (nSPS) is 36.7. The number of ether oxygens (including phenoxy) is 1. The number of carbonyl (C=O) groups is 2. The summed E-state index contributed by atoms with van der Waals surface area (Å²) in [6, 6.07) is 7.56. The third-order valence-electron chi connectivity index (χ3n) is 12.0. The smallest absolute Gasteiger partial charge is 0.306 e. The second kappa shape index (κ2) is 9.66. The van der Waals surface area contributed by atoms with Gasteiger partial charge in [0.25, 0.3) is 5.56 Å². The lowest BCUT2D eigenvalue weighted by molar-refractivity contribution is -0.160. The Bertz CT molecular complexity index is 1460. The highest BCUT2D eigenvalue weighted by molar-refractivity contribution is 5.91. The van der Waals surface area contributed by atoms with E-state index in [0.29, 0.717) is 54.7 Å². The van der Waals surface area contributed by atoms with Crippen LogP contribution in [-0.2, 0) is 20.9 Å². The van der Waals surface area contributed by atoms with E-state index in [2.05, 4.69) is 13.8 Å². The molecule has 4 unspecified atom stereocenters. The first-order valence-electron chi connectivity index (χ1n) is 15.7. The summed E-state index contributed by atoms with van der Waals surface area (Å²) in [5.74, 6) is 3.05. The zero-order chi connectivity index (χ0) is 27.6. The van der Waals surface area contributed by atoms with Crippen LogP contribution in [0, 0.1) is 28.6 Å². The number of allylic oxidation sites excluding steroid dienone is 1. The highest BCUT2D eigenvalue weighted by Crippen LogP contribution is 2.65. The van der Waals surface area contributed by atoms with E-state index in [1.165, 1.54) is 18.4 Å². The number of nitrogens with zero attached hydrogens (tertiary/aromatic N) is 2. The number of fused-ring (bicyclic) bond motifs is 7. The molecule has 0 N–H and O–H groups in total. The van der Waals surface area contributed by atoms with Gasteiger partial charge in [0.15, 0.2) is 5.78 Å². The predicted molar refractivity (Wildman–Crippen MR) is 154 cm³/mol. The summed E-state index contributed by atoms with van der Waals surface area (Å²) in [7, 11) is 0. The van der Waals surface area contributed by atoms with E-state index in [0.717, 1.165) is 56.3 Å². The minimum Gasteiger partial charge on any atom is -0.462 e. The van der Waals surface area contributed by atoms with Gasteiger partial charge in [-0.25, -0.2) is 4.98 Å². The molecule has 0 spiro atoms. The first-order valence-corrected chi connectivity index (χ1v) is 15.7. The van der Waals surface area contributed by atoms with Crippen molar-refractivity contribution >= 4 is 22.7 Å². The van der Waals surface area contributed by atoms with Gasteiger partial charge in [0.05, 0.1) is 10.9 Å². The molecular weight excluding hydrogens is 500 g/mol. The minimum atomic E-state index is -0.0964. The molecule has 7 rings (SSSR count). The first-order chi connectivity index (χ1) is 19.3. The molecule has 0 bridgehead atoms. The van der Waals surface area contributed by atoms with Crippen LogP contribution >= 0.6 is 0 Å². The van der Waals surface area contributed by atoms with Crippen LogP contribution in [-0.4, -0.2) is 27.4 Å². The Labute approximate surface area is 236 Å². The van der Waals surface area contributed by atoms with Crippen LogP contribution < -0.4 is 5.56 Å². The summed E-state index contributed by atoms with van der Waals surface area (Å²) in [5.41, 5.74) is 2.40. The molecule has 4 aliphatic carbocycles. The highest BCUT2D eigenvalue weighted by Gasteiger charge is 2.60. The van der Waals surface area contributed by atoms with Gasteiger partial charge in [-0.05, 0) is 106 Å². The minimum absolute atomic E-state index is 0.00745. The van der Waals surface area contributed by atoms with Crippen LogP contribution in [0.2, 0.25) is 0 Å². The van der Waals surface area contributed by atoms with E-state index in [4.69, 9.17) is 9.72 Å². The van der Waals surface area contributed by atoms with Crippen LogP contribution in [0.5, 0.6) is 0 Å². The van der Waals surface area contributed by atoms with Crippen molar-refractivity contribution < 1.29 is 14.3 Å². The Morgan fingerprint density at radius 3 is 2.75 bits per heavy atom. The van der Waals surface area contributed by atoms with Crippen LogP contribution in [0.1, 0.15) is 103 Å². The van der Waals surface area contributed by atoms with Gasteiger partial charge >= 0.3 is 5.97 Å². The maximum Gasteiger partial charge on any atom is 0.306 e. The fraction of sp³-hybridized carbons (Fsp3) is 0.647.